The van der Waals surface area contributed by atoms with E-state index in [2.05, 4.69) is 5.32 Å². The predicted molar refractivity (Wildman–Crippen MR) is 122 cm³/mol. The Kier molecular flexibility index (Phi) is 9.85. The van der Waals surface area contributed by atoms with Crippen LogP contribution >= 0.6 is 35.0 Å². The SMILES string of the molecule is CCNC(=O)C(CC)N(Cc1ccc(Cl)cc1)C(=O)CCSc1ccc(Cl)cc1. The minimum atomic E-state index is -0.501. The van der Waals surface area contributed by atoms with E-state index in [1.165, 1.54) is 0 Å². The molecule has 2 aromatic carbocycles. The number of rotatable bonds is 10. The molecule has 29 heavy (non-hydrogen) atoms. The third-order valence-corrected chi connectivity index (χ3v) is 5.92. The summed E-state index contributed by atoms with van der Waals surface area (Å²) in [7, 11) is 0. The quantitative estimate of drug-likeness (QED) is 0.489. The van der Waals surface area contributed by atoms with Gasteiger partial charge in [0.25, 0.3) is 0 Å². The first-order chi connectivity index (χ1) is 13.9. The van der Waals surface area contributed by atoms with Crippen LogP contribution in [0, 0.1) is 0 Å². The molecule has 1 N–H and O–H groups in total. The topological polar surface area (TPSA) is 49.4 Å². The fourth-order valence-electron chi connectivity index (χ4n) is 2.93. The lowest BCUT2D eigenvalue weighted by molar-refractivity contribution is -0.141. The average molecular weight is 453 g/mol. The molecule has 0 bridgehead atoms. The number of nitrogens with zero attached hydrogens (tertiary/aromatic N) is 1. The van der Waals surface area contributed by atoms with E-state index < -0.39 is 6.04 Å². The Labute approximate surface area is 187 Å². The molecule has 0 saturated heterocycles. The van der Waals surface area contributed by atoms with Gasteiger partial charge < -0.3 is 10.2 Å². The summed E-state index contributed by atoms with van der Waals surface area (Å²) in [6, 6.07) is 14.4. The second kappa shape index (κ2) is 12.1. The van der Waals surface area contributed by atoms with Crippen molar-refractivity contribution in [2.75, 3.05) is 12.3 Å². The van der Waals surface area contributed by atoms with Crippen molar-refractivity contribution in [2.24, 2.45) is 0 Å². The molecule has 0 fully saturated rings. The maximum absolute atomic E-state index is 13.1. The number of benzene rings is 2. The molecule has 2 amide bonds. The summed E-state index contributed by atoms with van der Waals surface area (Å²) >= 11 is 13.5. The van der Waals surface area contributed by atoms with Gasteiger partial charge in [0.15, 0.2) is 0 Å². The van der Waals surface area contributed by atoms with Gasteiger partial charge in [-0.15, -0.1) is 11.8 Å². The van der Waals surface area contributed by atoms with Gasteiger partial charge in [0.1, 0.15) is 6.04 Å². The molecule has 0 aliphatic rings. The van der Waals surface area contributed by atoms with Crippen LogP contribution in [0.3, 0.4) is 0 Å². The van der Waals surface area contributed by atoms with Crippen LogP contribution in [0.2, 0.25) is 10.0 Å². The van der Waals surface area contributed by atoms with E-state index in [0.717, 1.165) is 10.5 Å². The van der Waals surface area contributed by atoms with Crippen molar-refractivity contribution in [3.63, 3.8) is 0 Å². The molecule has 0 aliphatic heterocycles. The van der Waals surface area contributed by atoms with Crippen molar-refractivity contribution in [2.45, 2.75) is 44.2 Å². The van der Waals surface area contributed by atoms with Crippen molar-refractivity contribution in [3.8, 4) is 0 Å². The Balaban J connectivity index is 2.08. The highest BCUT2D eigenvalue weighted by molar-refractivity contribution is 7.99. The second-order valence-electron chi connectivity index (χ2n) is 6.52. The Morgan fingerprint density at radius 1 is 1.00 bits per heavy atom. The van der Waals surface area contributed by atoms with E-state index in [9.17, 15) is 9.59 Å². The van der Waals surface area contributed by atoms with Crippen LogP contribution in [0.5, 0.6) is 0 Å². The highest BCUT2D eigenvalue weighted by Gasteiger charge is 2.28. The van der Waals surface area contributed by atoms with Gasteiger partial charge in [-0.25, -0.2) is 0 Å². The number of hydrogen-bond acceptors (Lipinski definition) is 3. The zero-order chi connectivity index (χ0) is 21.2. The normalized spacial score (nSPS) is 11.7. The van der Waals surface area contributed by atoms with Crippen molar-refractivity contribution in [3.05, 3.63) is 64.1 Å². The minimum absolute atomic E-state index is 0.0421. The molecule has 7 heteroatoms. The fraction of sp³-hybridized carbons (Fsp3) is 0.364. The average Bonchev–Trinajstić information content (AvgIpc) is 2.71. The molecule has 0 aliphatic carbocycles. The first-order valence-electron chi connectivity index (χ1n) is 9.64. The molecule has 0 spiro atoms. The van der Waals surface area contributed by atoms with Crippen LogP contribution in [-0.4, -0.2) is 35.1 Å². The van der Waals surface area contributed by atoms with Gasteiger partial charge in [0.05, 0.1) is 0 Å². The van der Waals surface area contributed by atoms with Gasteiger partial charge in [-0.3, -0.25) is 9.59 Å². The lowest BCUT2D eigenvalue weighted by atomic mass is 10.1. The lowest BCUT2D eigenvalue weighted by Gasteiger charge is -2.30. The summed E-state index contributed by atoms with van der Waals surface area (Å²) in [6.45, 7) is 4.70. The highest BCUT2D eigenvalue weighted by Crippen LogP contribution is 2.22. The Morgan fingerprint density at radius 2 is 1.59 bits per heavy atom. The van der Waals surface area contributed by atoms with Crippen LogP contribution in [0.4, 0.5) is 0 Å². The minimum Gasteiger partial charge on any atom is -0.355 e. The van der Waals surface area contributed by atoms with E-state index >= 15 is 0 Å². The van der Waals surface area contributed by atoms with Crippen molar-refractivity contribution < 1.29 is 9.59 Å². The monoisotopic (exact) mass is 452 g/mol. The van der Waals surface area contributed by atoms with Crippen molar-refractivity contribution >= 4 is 46.8 Å². The van der Waals surface area contributed by atoms with Crippen molar-refractivity contribution in [1.82, 2.24) is 10.2 Å². The third-order valence-electron chi connectivity index (χ3n) is 4.40. The van der Waals surface area contributed by atoms with Crippen LogP contribution in [0.1, 0.15) is 32.3 Å². The van der Waals surface area contributed by atoms with Gasteiger partial charge >= 0.3 is 0 Å². The molecule has 0 saturated carbocycles. The Hall–Kier alpha value is -1.69. The number of likely N-dealkylation sites (N-methyl/N-ethyl adjacent to an activating group) is 1. The number of hydrogen-bond donors (Lipinski definition) is 1. The molecule has 1 unspecified atom stereocenters. The number of nitrogens with one attached hydrogen (secondary N) is 1. The summed E-state index contributed by atoms with van der Waals surface area (Å²) < 4.78 is 0. The van der Waals surface area contributed by atoms with E-state index in [1.54, 1.807) is 28.8 Å². The molecule has 2 rings (SSSR count). The van der Waals surface area contributed by atoms with E-state index in [-0.39, 0.29) is 11.8 Å². The first-order valence-corrected chi connectivity index (χ1v) is 11.4. The summed E-state index contributed by atoms with van der Waals surface area (Å²) in [6.07, 6.45) is 0.895. The van der Waals surface area contributed by atoms with Gasteiger partial charge in [-0.2, -0.15) is 0 Å². The zero-order valence-electron chi connectivity index (χ0n) is 16.7. The van der Waals surface area contributed by atoms with E-state index in [1.807, 2.05) is 50.2 Å². The number of thioether (sulfide) groups is 1. The van der Waals surface area contributed by atoms with Crippen LogP contribution < -0.4 is 5.32 Å². The van der Waals surface area contributed by atoms with Crippen LogP contribution in [0.25, 0.3) is 0 Å². The lowest BCUT2D eigenvalue weighted by Crippen LogP contribution is -2.49. The van der Waals surface area contributed by atoms with Crippen LogP contribution in [-0.2, 0) is 16.1 Å². The summed E-state index contributed by atoms with van der Waals surface area (Å²) in [5.74, 6) is 0.464. The zero-order valence-corrected chi connectivity index (χ0v) is 19.0. The number of halogens is 2. The van der Waals surface area contributed by atoms with Crippen molar-refractivity contribution in [1.29, 1.82) is 0 Å². The summed E-state index contributed by atoms with van der Waals surface area (Å²) in [5.41, 5.74) is 0.941. The summed E-state index contributed by atoms with van der Waals surface area (Å²) in [4.78, 5) is 28.3. The van der Waals surface area contributed by atoms with Gasteiger partial charge in [0, 0.05) is 40.2 Å². The Bertz CT molecular complexity index is 797. The number of carbonyl (C=O) groups is 2. The molecular weight excluding hydrogens is 427 g/mol. The van der Waals surface area contributed by atoms with Crippen LogP contribution in [0.15, 0.2) is 53.4 Å². The first kappa shape index (κ1) is 23.6. The summed E-state index contributed by atoms with van der Waals surface area (Å²) in [5, 5.41) is 4.17. The molecule has 0 radical (unpaired) electrons. The number of carbonyl (C=O) groups excluding carboxylic acids is 2. The number of amides is 2. The maximum Gasteiger partial charge on any atom is 0.242 e. The Morgan fingerprint density at radius 3 is 2.14 bits per heavy atom. The van der Waals surface area contributed by atoms with E-state index in [0.29, 0.717) is 41.7 Å². The maximum atomic E-state index is 13.1. The van der Waals surface area contributed by atoms with Gasteiger partial charge in [0.2, 0.25) is 11.8 Å². The van der Waals surface area contributed by atoms with Gasteiger partial charge in [-0.1, -0.05) is 42.3 Å². The van der Waals surface area contributed by atoms with Gasteiger partial charge in [-0.05, 0) is 55.3 Å². The molecule has 2 aromatic rings. The highest BCUT2D eigenvalue weighted by atomic mass is 35.5. The second-order valence-corrected chi connectivity index (χ2v) is 8.56. The molecule has 0 aromatic heterocycles. The predicted octanol–water partition coefficient (Wildman–Crippen LogP) is 5.42. The molecular formula is C22H26Cl2N2O2S. The fourth-order valence-corrected chi connectivity index (χ4v) is 4.02. The standard InChI is InChI=1S/C22H26Cl2N2O2S/c1-3-20(22(28)25-4-2)26(15-16-5-7-17(23)8-6-16)21(27)13-14-29-19-11-9-18(24)10-12-19/h5-12,20H,3-4,13-15H2,1-2H3,(H,25,28). The molecule has 0 heterocycles. The largest absolute Gasteiger partial charge is 0.355 e. The molecule has 156 valence electrons. The molecule has 4 nitrogen and oxygen atoms in total. The molecule has 1 atom stereocenters. The smallest absolute Gasteiger partial charge is 0.242 e. The van der Waals surface area contributed by atoms with E-state index in [4.69, 9.17) is 23.2 Å². The third kappa shape index (κ3) is 7.57.